The predicted molar refractivity (Wildman–Crippen MR) is 101 cm³/mol. The van der Waals surface area contributed by atoms with E-state index in [1.54, 1.807) is 24.3 Å². The number of sulfonamides is 1. The third kappa shape index (κ3) is 4.44. The summed E-state index contributed by atoms with van der Waals surface area (Å²) in [5.74, 6) is -0.364. The standard InChI is InChI=1S/C16H13BrFN3O3S2/c17-14-6-8-16(25-14)26(23,24)19-9-10-21-15(22)7-5-13(20-21)11-1-3-12(18)4-2-11/h1-8,19H,9-10H2. The summed E-state index contributed by atoms with van der Waals surface area (Å²) in [6.45, 7) is 0.0806. The first-order valence-electron chi connectivity index (χ1n) is 7.44. The zero-order chi connectivity index (χ0) is 18.7. The molecule has 0 aliphatic carbocycles. The van der Waals surface area contributed by atoms with E-state index in [9.17, 15) is 17.6 Å². The Balaban J connectivity index is 1.73. The number of hydrogen-bond acceptors (Lipinski definition) is 5. The normalized spacial score (nSPS) is 11.6. The molecule has 6 nitrogen and oxygen atoms in total. The van der Waals surface area contributed by atoms with E-state index in [4.69, 9.17) is 0 Å². The van der Waals surface area contributed by atoms with Gasteiger partial charge in [-0.3, -0.25) is 4.79 Å². The Bertz CT molecular complexity index is 1080. The van der Waals surface area contributed by atoms with Gasteiger partial charge in [-0.1, -0.05) is 0 Å². The highest BCUT2D eigenvalue weighted by atomic mass is 79.9. The third-order valence-corrected chi connectivity index (χ3v) is 7.01. The molecule has 0 aliphatic heterocycles. The minimum Gasteiger partial charge on any atom is -0.268 e. The molecule has 1 N–H and O–H groups in total. The molecule has 3 rings (SSSR count). The molecule has 0 amide bonds. The average Bonchev–Trinajstić information content (AvgIpc) is 3.05. The first-order chi connectivity index (χ1) is 12.3. The molecular weight excluding hydrogens is 445 g/mol. The van der Waals surface area contributed by atoms with Crippen LogP contribution in [0, 0.1) is 5.82 Å². The zero-order valence-electron chi connectivity index (χ0n) is 13.2. The Morgan fingerprint density at radius 1 is 1.12 bits per heavy atom. The van der Waals surface area contributed by atoms with Gasteiger partial charge in [0.25, 0.3) is 5.56 Å². The fraction of sp³-hybridized carbons (Fsp3) is 0.125. The molecule has 0 spiro atoms. The van der Waals surface area contributed by atoms with Crippen molar-refractivity contribution in [2.45, 2.75) is 10.8 Å². The average molecular weight is 458 g/mol. The summed E-state index contributed by atoms with van der Waals surface area (Å²) in [6, 6.07) is 11.8. The molecule has 0 saturated carbocycles. The Morgan fingerprint density at radius 2 is 1.85 bits per heavy atom. The lowest BCUT2D eigenvalue weighted by molar-refractivity contribution is 0.550. The Labute approximate surface area is 161 Å². The maximum Gasteiger partial charge on any atom is 0.266 e. The van der Waals surface area contributed by atoms with Crippen molar-refractivity contribution in [3.63, 3.8) is 0 Å². The molecule has 0 saturated heterocycles. The second-order valence-corrected chi connectivity index (χ2v) is 9.70. The van der Waals surface area contributed by atoms with Crippen LogP contribution in [-0.4, -0.2) is 24.7 Å². The fourth-order valence-electron chi connectivity index (χ4n) is 2.18. The molecule has 10 heteroatoms. The summed E-state index contributed by atoms with van der Waals surface area (Å²) in [5.41, 5.74) is 0.799. The lowest BCUT2D eigenvalue weighted by Crippen LogP contribution is -2.31. The minimum absolute atomic E-state index is 0.0115. The van der Waals surface area contributed by atoms with Crippen LogP contribution < -0.4 is 10.3 Å². The number of aromatic nitrogens is 2. The Kier molecular flexibility index (Phi) is 5.66. The minimum atomic E-state index is -3.64. The van der Waals surface area contributed by atoms with Gasteiger partial charge in [0.15, 0.2) is 0 Å². The molecule has 0 atom stereocenters. The molecule has 0 bridgehead atoms. The van der Waals surface area contributed by atoms with Crippen molar-refractivity contribution < 1.29 is 12.8 Å². The summed E-state index contributed by atoms with van der Waals surface area (Å²) in [6.07, 6.45) is 0. The SMILES string of the molecule is O=c1ccc(-c2ccc(F)cc2)nn1CCNS(=O)(=O)c1ccc(Br)s1. The molecule has 3 aromatic rings. The largest absolute Gasteiger partial charge is 0.268 e. The summed E-state index contributed by atoms with van der Waals surface area (Å²) >= 11 is 4.32. The van der Waals surface area contributed by atoms with Gasteiger partial charge in [-0.05, 0) is 58.4 Å². The van der Waals surface area contributed by atoms with Crippen molar-refractivity contribution in [3.05, 3.63) is 68.5 Å². The van der Waals surface area contributed by atoms with Crippen LogP contribution in [0.5, 0.6) is 0 Å². The molecule has 2 heterocycles. The lowest BCUT2D eigenvalue weighted by atomic mass is 10.1. The highest BCUT2D eigenvalue weighted by Gasteiger charge is 2.16. The third-order valence-electron chi connectivity index (χ3n) is 3.44. The van der Waals surface area contributed by atoms with E-state index >= 15 is 0 Å². The van der Waals surface area contributed by atoms with Gasteiger partial charge in [-0.2, -0.15) is 5.10 Å². The van der Waals surface area contributed by atoms with Gasteiger partial charge in [0, 0.05) is 18.2 Å². The molecular formula is C16H13BrFN3O3S2. The Morgan fingerprint density at radius 3 is 2.50 bits per heavy atom. The number of nitrogens with one attached hydrogen (secondary N) is 1. The Hall–Kier alpha value is -1.88. The molecule has 136 valence electrons. The van der Waals surface area contributed by atoms with Gasteiger partial charge in [0.2, 0.25) is 10.0 Å². The van der Waals surface area contributed by atoms with E-state index in [0.29, 0.717) is 15.0 Å². The number of halogens is 2. The second kappa shape index (κ2) is 7.78. The maximum atomic E-state index is 13.0. The van der Waals surface area contributed by atoms with E-state index in [-0.39, 0.29) is 28.7 Å². The van der Waals surface area contributed by atoms with Gasteiger partial charge in [0.1, 0.15) is 10.0 Å². The van der Waals surface area contributed by atoms with Crippen LogP contribution in [0.1, 0.15) is 0 Å². The summed E-state index contributed by atoms with van der Waals surface area (Å²) in [4.78, 5) is 11.9. The van der Waals surface area contributed by atoms with Crippen LogP contribution >= 0.6 is 27.3 Å². The van der Waals surface area contributed by atoms with Gasteiger partial charge in [-0.15, -0.1) is 11.3 Å². The number of rotatable bonds is 6. The van der Waals surface area contributed by atoms with Crippen LogP contribution in [0.25, 0.3) is 11.3 Å². The molecule has 0 unspecified atom stereocenters. The number of benzene rings is 1. The van der Waals surface area contributed by atoms with Crippen LogP contribution in [0.15, 0.2) is 61.3 Å². The second-order valence-electron chi connectivity index (χ2n) is 5.24. The van der Waals surface area contributed by atoms with E-state index in [0.717, 1.165) is 11.3 Å². The molecule has 1 aromatic carbocycles. The number of thiophene rings is 1. The van der Waals surface area contributed by atoms with Crippen molar-refractivity contribution in [2.75, 3.05) is 6.54 Å². The summed E-state index contributed by atoms with van der Waals surface area (Å²) < 4.78 is 41.9. The van der Waals surface area contributed by atoms with Crippen molar-refractivity contribution in [1.29, 1.82) is 0 Å². The monoisotopic (exact) mass is 457 g/mol. The van der Waals surface area contributed by atoms with E-state index in [1.807, 2.05) is 0 Å². The lowest BCUT2D eigenvalue weighted by Gasteiger charge is -2.08. The maximum absolute atomic E-state index is 13.0. The summed E-state index contributed by atoms with van der Waals surface area (Å²) in [7, 11) is -3.64. The topological polar surface area (TPSA) is 81.1 Å². The van der Waals surface area contributed by atoms with Gasteiger partial charge < -0.3 is 0 Å². The van der Waals surface area contributed by atoms with Crippen LogP contribution in [0.4, 0.5) is 4.39 Å². The molecule has 0 aliphatic rings. The molecule has 2 aromatic heterocycles. The van der Waals surface area contributed by atoms with Gasteiger partial charge in [-0.25, -0.2) is 22.2 Å². The van der Waals surface area contributed by atoms with Crippen LogP contribution in [-0.2, 0) is 16.6 Å². The quantitative estimate of drug-likeness (QED) is 0.616. The number of hydrogen-bond donors (Lipinski definition) is 1. The van der Waals surface area contributed by atoms with Crippen LogP contribution in [0.3, 0.4) is 0 Å². The van der Waals surface area contributed by atoms with Crippen molar-refractivity contribution in [3.8, 4) is 11.3 Å². The van der Waals surface area contributed by atoms with Gasteiger partial charge in [0.05, 0.1) is 16.0 Å². The number of nitrogens with zero attached hydrogens (tertiary/aromatic N) is 2. The molecule has 0 fully saturated rings. The van der Waals surface area contributed by atoms with Crippen molar-refractivity contribution in [2.24, 2.45) is 0 Å². The van der Waals surface area contributed by atoms with Crippen molar-refractivity contribution >= 4 is 37.3 Å². The first-order valence-corrected chi connectivity index (χ1v) is 10.5. The molecule has 26 heavy (non-hydrogen) atoms. The van der Waals surface area contributed by atoms with E-state index in [1.165, 1.54) is 28.9 Å². The summed E-state index contributed by atoms with van der Waals surface area (Å²) in [5, 5.41) is 4.21. The van der Waals surface area contributed by atoms with Crippen molar-refractivity contribution in [1.82, 2.24) is 14.5 Å². The van der Waals surface area contributed by atoms with Crippen LogP contribution in [0.2, 0.25) is 0 Å². The van der Waals surface area contributed by atoms with E-state index < -0.39 is 10.0 Å². The first kappa shape index (κ1) is 18.9. The highest BCUT2D eigenvalue weighted by molar-refractivity contribution is 9.11. The van der Waals surface area contributed by atoms with Gasteiger partial charge >= 0.3 is 0 Å². The fourth-order valence-corrected chi connectivity index (χ4v) is 5.26. The smallest absolute Gasteiger partial charge is 0.266 e. The zero-order valence-corrected chi connectivity index (χ0v) is 16.4. The van der Waals surface area contributed by atoms with E-state index in [2.05, 4.69) is 25.8 Å². The molecule has 0 radical (unpaired) electrons. The predicted octanol–water partition coefficient (Wildman–Crippen LogP) is 2.85. The highest BCUT2D eigenvalue weighted by Crippen LogP contribution is 2.25.